The van der Waals surface area contributed by atoms with Crippen molar-refractivity contribution >= 4 is 11.3 Å². The van der Waals surface area contributed by atoms with E-state index in [1.54, 1.807) is 12.1 Å². The maximum atomic E-state index is 14.0. The Morgan fingerprint density at radius 3 is 2.95 bits per heavy atom. The van der Waals surface area contributed by atoms with E-state index in [2.05, 4.69) is 16.8 Å². The fraction of sp³-hybridized carbons (Fsp3) is 0.412. The standard InChI is InChI=1S/C17H20FNOS/c1-19-17(11-6-7-15(20-2)14(18)10-11)13-4-3-5-16-12(13)8-9-21-16/h6-10,13,17,19H,3-5H2,1-2H3. The summed E-state index contributed by atoms with van der Waals surface area (Å²) in [5, 5.41) is 5.55. The molecule has 21 heavy (non-hydrogen) atoms. The van der Waals surface area contributed by atoms with Crippen LogP contribution < -0.4 is 10.1 Å². The highest BCUT2D eigenvalue weighted by molar-refractivity contribution is 7.10. The lowest BCUT2D eigenvalue weighted by molar-refractivity contribution is 0.383. The van der Waals surface area contributed by atoms with Crippen LogP contribution in [-0.2, 0) is 6.42 Å². The number of nitrogens with one attached hydrogen (secondary N) is 1. The van der Waals surface area contributed by atoms with E-state index in [1.807, 2.05) is 24.5 Å². The van der Waals surface area contributed by atoms with Crippen LogP contribution in [0, 0.1) is 5.82 Å². The number of hydrogen-bond donors (Lipinski definition) is 1. The Balaban J connectivity index is 1.95. The average molecular weight is 305 g/mol. The lowest BCUT2D eigenvalue weighted by Crippen LogP contribution is -2.26. The van der Waals surface area contributed by atoms with Crippen LogP contribution in [0.5, 0.6) is 5.75 Å². The number of fused-ring (bicyclic) bond motifs is 1. The number of likely N-dealkylation sites (N-methyl/N-ethyl adjacent to an activating group) is 1. The summed E-state index contributed by atoms with van der Waals surface area (Å²) in [4.78, 5) is 1.49. The minimum atomic E-state index is -0.295. The Labute approximate surface area is 129 Å². The van der Waals surface area contributed by atoms with Gasteiger partial charge in [-0.1, -0.05) is 6.07 Å². The molecule has 1 aliphatic rings. The van der Waals surface area contributed by atoms with Gasteiger partial charge in [-0.15, -0.1) is 11.3 Å². The van der Waals surface area contributed by atoms with Gasteiger partial charge in [-0.25, -0.2) is 4.39 Å². The van der Waals surface area contributed by atoms with Crippen molar-refractivity contribution in [1.82, 2.24) is 5.32 Å². The van der Waals surface area contributed by atoms with Gasteiger partial charge in [0, 0.05) is 16.8 Å². The van der Waals surface area contributed by atoms with E-state index >= 15 is 0 Å². The molecule has 0 spiro atoms. The first-order valence-corrected chi connectivity index (χ1v) is 8.19. The summed E-state index contributed by atoms with van der Waals surface area (Å²) in [7, 11) is 3.44. The number of rotatable bonds is 4. The normalized spacial score (nSPS) is 19.1. The summed E-state index contributed by atoms with van der Waals surface area (Å²) >= 11 is 1.84. The van der Waals surface area contributed by atoms with Crippen molar-refractivity contribution in [2.24, 2.45) is 0 Å². The third kappa shape index (κ3) is 2.70. The molecule has 1 N–H and O–H groups in total. The van der Waals surface area contributed by atoms with E-state index in [1.165, 1.54) is 30.4 Å². The molecule has 1 aromatic heterocycles. The number of thiophene rings is 1. The monoisotopic (exact) mass is 305 g/mol. The SMILES string of the molecule is CNC(c1ccc(OC)c(F)c1)C1CCCc2sccc21. The predicted molar refractivity (Wildman–Crippen MR) is 84.8 cm³/mol. The molecule has 112 valence electrons. The fourth-order valence-electron chi connectivity index (χ4n) is 3.34. The van der Waals surface area contributed by atoms with E-state index in [-0.39, 0.29) is 11.9 Å². The topological polar surface area (TPSA) is 21.3 Å². The third-order valence-corrected chi connectivity index (χ3v) is 5.34. The molecule has 0 amide bonds. The van der Waals surface area contributed by atoms with Gasteiger partial charge < -0.3 is 10.1 Å². The van der Waals surface area contributed by atoms with E-state index < -0.39 is 0 Å². The van der Waals surface area contributed by atoms with E-state index in [0.717, 1.165) is 12.0 Å². The van der Waals surface area contributed by atoms with Crippen molar-refractivity contribution in [2.45, 2.75) is 31.2 Å². The summed E-state index contributed by atoms with van der Waals surface area (Å²) in [5.41, 5.74) is 2.42. The predicted octanol–water partition coefficient (Wildman–Crippen LogP) is 4.28. The molecule has 1 aromatic carbocycles. The first kappa shape index (κ1) is 14.5. The first-order valence-electron chi connectivity index (χ1n) is 7.31. The third-order valence-electron chi connectivity index (χ3n) is 4.35. The van der Waals surface area contributed by atoms with Crippen LogP contribution >= 0.6 is 11.3 Å². The van der Waals surface area contributed by atoms with Crippen LogP contribution in [-0.4, -0.2) is 14.2 Å². The van der Waals surface area contributed by atoms with Gasteiger partial charge in [0.1, 0.15) is 0 Å². The second-order valence-electron chi connectivity index (χ2n) is 5.46. The van der Waals surface area contributed by atoms with Crippen LogP contribution in [0.3, 0.4) is 0 Å². The van der Waals surface area contributed by atoms with Gasteiger partial charge in [-0.2, -0.15) is 0 Å². The highest BCUT2D eigenvalue weighted by Gasteiger charge is 2.29. The minimum absolute atomic E-state index is 0.138. The molecule has 0 saturated heterocycles. The Morgan fingerprint density at radius 1 is 1.38 bits per heavy atom. The molecule has 0 fully saturated rings. The van der Waals surface area contributed by atoms with Crippen LogP contribution in [0.15, 0.2) is 29.6 Å². The summed E-state index contributed by atoms with van der Waals surface area (Å²) in [5.74, 6) is 0.419. The minimum Gasteiger partial charge on any atom is -0.494 e. The zero-order valence-electron chi connectivity index (χ0n) is 12.4. The molecule has 2 unspecified atom stereocenters. The number of methoxy groups -OCH3 is 1. The van der Waals surface area contributed by atoms with E-state index in [9.17, 15) is 4.39 Å². The second-order valence-corrected chi connectivity index (χ2v) is 6.46. The molecule has 2 aromatic rings. The van der Waals surface area contributed by atoms with Crippen LogP contribution in [0.1, 0.15) is 40.8 Å². The van der Waals surface area contributed by atoms with Gasteiger partial charge in [0.2, 0.25) is 0 Å². The molecule has 1 heterocycles. The van der Waals surface area contributed by atoms with Gasteiger partial charge in [-0.05, 0) is 61.0 Å². The van der Waals surface area contributed by atoms with Crippen molar-refractivity contribution in [3.05, 3.63) is 51.5 Å². The van der Waals surface area contributed by atoms with Gasteiger partial charge >= 0.3 is 0 Å². The zero-order chi connectivity index (χ0) is 14.8. The van der Waals surface area contributed by atoms with Crippen LogP contribution in [0.25, 0.3) is 0 Å². The maximum Gasteiger partial charge on any atom is 0.165 e. The van der Waals surface area contributed by atoms with E-state index in [4.69, 9.17) is 4.74 Å². The van der Waals surface area contributed by atoms with Crippen LogP contribution in [0.4, 0.5) is 4.39 Å². The Kier molecular flexibility index (Phi) is 4.27. The summed E-state index contributed by atoms with van der Waals surface area (Å²) in [6.07, 6.45) is 3.52. The molecule has 0 aliphatic heterocycles. The molecule has 0 bridgehead atoms. The summed E-state index contributed by atoms with van der Waals surface area (Å²) < 4.78 is 19.0. The largest absolute Gasteiger partial charge is 0.494 e. The highest BCUT2D eigenvalue weighted by atomic mass is 32.1. The lowest BCUT2D eigenvalue weighted by atomic mass is 9.80. The fourth-order valence-corrected chi connectivity index (χ4v) is 4.34. The highest BCUT2D eigenvalue weighted by Crippen LogP contribution is 2.42. The molecular formula is C17H20FNOS. The van der Waals surface area contributed by atoms with Crippen molar-refractivity contribution in [1.29, 1.82) is 0 Å². The smallest absolute Gasteiger partial charge is 0.165 e. The van der Waals surface area contributed by atoms with Crippen molar-refractivity contribution in [3.8, 4) is 5.75 Å². The molecule has 2 nitrogen and oxygen atoms in total. The average Bonchev–Trinajstić information content (AvgIpc) is 2.97. The summed E-state index contributed by atoms with van der Waals surface area (Å²) in [6.45, 7) is 0. The van der Waals surface area contributed by atoms with Crippen LogP contribution in [0.2, 0.25) is 0 Å². The number of hydrogen-bond acceptors (Lipinski definition) is 3. The molecule has 2 atom stereocenters. The molecular weight excluding hydrogens is 285 g/mol. The summed E-state index contributed by atoms with van der Waals surface area (Å²) in [6, 6.07) is 7.64. The number of halogens is 1. The maximum absolute atomic E-state index is 14.0. The lowest BCUT2D eigenvalue weighted by Gasteiger charge is -2.31. The van der Waals surface area contributed by atoms with E-state index in [0.29, 0.717) is 11.7 Å². The number of ether oxygens (including phenoxy) is 1. The molecule has 3 rings (SSSR count). The quantitative estimate of drug-likeness (QED) is 0.910. The first-order chi connectivity index (χ1) is 10.2. The van der Waals surface area contributed by atoms with Crippen molar-refractivity contribution in [3.63, 3.8) is 0 Å². The van der Waals surface area contributed by atoms with Gasteiger partial charge in [0.05, 0.1) is 7.11 Å². The number of aryl methyl sites for hydroxylation is 1. The molecule has 1 aliphatic carbocycles. The zero-order valence-corrected chi connectivity index (χ0v) is 13.2. The Hall–Kier alpha value is -1.39. The molecule has 4 heteroatoms. The van der Waals surface area contributed by atoms with Gasteiger partial charge in [-0.3, -0.25) is 0 Å². The Bertz CT molecular complexity index is 625. The van der Waals surface area contributed by atoms with Gasteiger partial charge in [0.25, 0.3) is 0 Å². The Morgan fingerprint density at radius 2 is 2.24 bits per heavy atom. The number of benzene rings is 1. The molecule has 0 radical (unpaired) electrons. The second kappa shape index (κ2) is 6.16. The van der Waals surface area contributed by atoms with Gasteiger partial charge in [0.15, 0.2) is 11.6 Å². The van der Waals surface area contributed by atoms with Crippen molar-refractivity contribution in [2.75, 3.05) is 14.2 Å². The van der Waals surface area contributed by atoms with Crippen molar-refractivity contribution < 1.29 is 9.13 Å². The molecule has 0 saturated carbocycles.